The Hall–Kier alpha value is -1.74. The maximum atomic E-state index is 13.6. The Morgan fingerprint density at radius 2 is 2.00 bits per heavy atom. The normalized spacial score (nSPS) is 18.1. The molecule has 23 heavy (non-hydrogen) atoms. The molecule has 2 heterocycles. The molecule has 0 spiro atoms. The minimum Gasteiger partial charge on any atom is -0.352 e. The van der Waals surface area contributed by atoms with Gasteiger partial charge in [-0.1, -0.05) is 0 Å². The van der Waals surface area contributed by atoms with Crippen molar-refractivity contribution in [3.63, 3.8) is 0 Å². The Morgan fingerprint density at radius 3 is 2.70 bits per heavy atom. The molecule has 0 aliphatic carbocycles. The van der Waals surface area contributed by atoms with Crippen LogP contribution in [-0.2, 0) is 9.84 Å². The Morgan fingerprint density at radius 1 is 1.30 bits per heavy atom. The van der Waals surface area contributed by atoms with Gasteiger partial charge in [0.2, 0.25) is 0 Å². The predicted octanol–water partition coefficient (Wildman–Crippen LogP) is 1.92. The van der Waals surface area contributed by atoms with Gasteiger partial charge in [-0.05, 0) is 43.1 Å². The molecule has 3 N–H and O–H groups in total. The highest BCUT2D eigenvalue weighted by molar-refractivity contribution is 7.91. The van der Waals surface area contributed by atoms with E-state index in [2.05, 4.69) is 15.3 Å². The number of aromatic nitrogens is 2. The lowest BCUT2D eigenvalue weighted by Crippen LogP contribution is -2.34. The highest BCUT2D eigenvalue weighted by Gasteiger charge is 2.24. The predicted molar refractivity (Wildman–Crippen MR) is 87.2 cm³/mol. The van der Waals surface area contributed by atoms with E-state index in [0.717, 1.165) is 6.07 Å². The summed E-state index contributed by atoms with van der Waals surface area (Å²) in [6.45, 7) is 0.373. The zero-order valence-electron chi connectivity index (χ0n) is 12.2. The molecule has 1 aliphatic rings. The van der Waals surface area contributed by atoms with Gasteiger partial charge in [0.25, 0.3) is 5.91 Å². The van der Waals surface area contributed by atoms with Gasteiger partial charge in [-0.3, -0.25) is 4.79 Å². The molecule has 0 saturated carbocycles. The Balaban J connectivity index is 1.73. The van der Waals surface area contributed by atoms with Gasteiger partial charge in [0.05, 0.1) is 28.1 Å². The number of nitrogens with one attached hydrogen (secondary N) is 3. The summed E-state index contributed by atoms with van der Waals surface area (Å²) in [6, 6.07) is 2.42. The van der Waals surface area contributed by atoms with Crippen LogP contribution in [0.2, 0.25) is 0 Å². The third-order valence-corrected chi connectivity index (χ3v) is 5.98. The molecule has 1 aromatic carbocycles. The smallest absolute Gasteiger partial charge is 0.253 e. The second-order valence-corrected chi connectivity index (χ2v) is 8.47. The average molecular weight is 357 g/mol. The van der Waals surface area contributed by atoms with Crippen LogP contribution in [0.25, 0.3) is 11.0 Å². The van der Waals surface area contributed by atoms with Crippen molar-refractivity contribution >= 4 is 39.0 Å². The van der Waals surface area contributed by atoms with Crippen molar-refractivity contribution in [1.82, 2.24) is 15.3 Å². The number of amides is 1. The molecule has 1 aliphatic heterocycles. The fourth-order valence-corrected chi connectivity index (χ4v) is 4.56. The van der Waals surface area contributed by atoms with Crippen molar-refractivity contribution < 1.29 is 17.6 Å². The minimum atomic E-state index is -2.92. The lowest BCUT2D eigenvalue weighted by molar-refractivity contribution is 0.0947. The van der Waals surface area contributed by atoms with Crippen LogP contribution in [0.4, 0.5) is 4.39 Å². The molecule has 9 heteroatoms. The van der Waals surface area contributed by atoms with Crippen molar-refractivity contribution in [2.24, 2.45) is 5.92 Å². The highest BCUT2D eigenvalue weighted by Crippen LogP contribution is 2.20. The number of imidazole rings is 1. The summed E-state index contributed by atoms with van der Waals surface area (Å²) in [5.74, 6) is -0.508. The average Bonchev–Trinajstić information content (AvgIpc) is 2.85. The van der Waals surface area contributed by atoms with E-state index in [4.69, 9.17) is 12.2 Å². The number of halogens is 1. The first kappa shape index (κ1) is 16.1. The van der Waals surface area contributed by atoms with Crippen molar-refractivity contribution in [2.75, 3.05) is 18.1 Å². The van der Waals surface area contributed by atoms with Gasteiger partial charge in [0.1, 0.15) is 15.7 Å². The van der Waals surface area contributed by atoms with Gasteiger partial charge in [-0.2, -0.15) is 0 Å². The number of aromatic amines is 2. The van der Waals surface area contributed by atoms with Crippen LogP contribution in [-0.4, -0.2) is 42.3 Å². The zero-order valence-corrected chi connectivity index (χ0v) is 13.8. The monoisotopic (exact) mass is 357 g/mol. The standard InChI is InChI=1S/C14H16FN3O3S2/c15-9-5-10(12-11(6-9)17-14(22)18-12)13(19)16-7-8-1-3-23(20,21)4-2-8/h5-6,8H,1-4,7H2,(H,16,19)(H2,17,18,22). The first-order chi connectivity index (χ1) is 10.8. The summed E-state index contributed by atoms with van der Waals surface area (Å²) in [7, 11) is -2.92. The molecule has 1 aromatic heterocycles. The van der Waals surface area contributed by atoms with Crippen molar-refractivity contribution in [2.45, 2.75) is 12.8 Å². The fraction of sp³-hybridized carbons (Fsp3) is 0.429. The number of fused-ring (bicyclic) bond motifs is 1. The topological polar surface area (TPSA) is 94.8 Å². The van der Waals surface area contributed by atoms with Crippen LogP contribution in [0.15, 0.2) is 12.1 Å². The Bertz CT molecular complexity index is 903. The highest BCUT2D eigenvalue weighted by atomic mass is 32.2. The van der Waals surface area contributed by atoms with Crippen LogP contribution in [0.1, 0.15) is 23.2 Å². The Kier molecular flexibility index (Phi) is 4.24. The third-order valence-electron chi connectivity index (χ3n) is 4.06. The van der Waals surface area contributed by atoms with Crippen LogP contribution < -0.4 is 5.32 Å². The summed E-state index contributed by atoms with van der Waals surface area (Å²) < 4.78 is 36.7. The van der Waals surface area contributed by atoms with Gasteiger partial charge in [-0.25, -0.2) is 12.8 Å². The molecule has 1 amide bonds. The summed E-state index contributed by atoms with van der Waals surface area (Å²) >= 11 is 4.97. The van der Waals surface area contributed by atoms with Crippen molar-refractivity contribution in [3.05, 3.63) is 28.3 Å². The molecular formula is C14H16FN3O3S2. The number of sulfone groups is 1. The molecule has 0 unspecified atom stereocenters. The van der Waals surface area contributed by atoms with Gasteiger partial charge in [0, 0.05) is 6.54 Å². The molecule has 0 atom stereocenters. The van der Waals surface area contributed by atoms with Crippen LogP contribution >= 0.6 is 12.2 Å². The second kappa shape index (κ2) is 6.04. The van der Waals surface area contributed by atoms with Gasteiger partial charge < -0.3 is 15.3 Å². The number of hydrogen-bond donors (Lipinski definition) is 3. The van der Waals surface area contributed by atoms with E-state index in [1.54, 1.807) is 0 Å². The van der Waals surface area contributed by atoms with E-state index in [-0.39, 0.29) is 23.0 Å². The molecule has 2 aromatic rings. The summed E-state index contributed by atoms with van der Waals surface area (Å²) in [5.41, 5.74) is 1.07. The molecule has 0 bridgehead atoms. The van der Waals surface area contributed by atoms with Gasteiger partial charge in [-0.15, -0.1) is 0 Å². The second-order valence-electron chi connectivity index (χ2n) is 5.76. The minimum absolute atomic E-state index is 0.122. The summed E-state index contributed by atoms with van der Waals surface area (Å²) in [4.78, 5) is 17.9. The van der Waals surface area contributed by atoms with Crippen molar-refractivity contribution in [3.8, 4) is 0 Å². The van der Waals surface area contributed by atoms with E-state index in [9.17, 15) is 17.6 Å². The molecule has 0 radical (unpaired) electrons. The number of carbonyl (C=O) groups is 1. The molecule has 1 saturated heterocycles. The summed E-state index contributed by atoms with van der Waals surface area (Å²) in [5, 5.41) is 2.76. The van der Waals surface area contributed by atoms with E-state index >= 15 is 0 Å². The molecule has 124 valence electrons. The maximum absolute atomic E-state index is 13.6. The fourth-order valence-electron chi connectivity index (χ4n) is 2.76. The largest absolute Gasteiger partial charge is 0.352 e. The quantitative estimate of drug-likeness (QED) is 0.732. The van der Waals surface area contributed by atoms with E-state index in [1.807, 2.05) is 0 Å². The van der Waals surface area contributed by atoms with Crippen molar-refractivity contribution in [1.29, 1.82) is 0 Å². The number of rotatable bonds is 3. The van der Waals surface area contributed by atoms with Crippen LogP contribution in [0, 0.1) is 16.5 Å². The number of benzene rings is 1. The van der Waals surface area contributed by atoms with E-state index in [0.29, 0.717) is 35.2 Å². The van der Waals surface area contributed by atoms with Crippen LogP contribution in [0.5, 0.6) is 0 Å². The first-order valence-electron chi connectivity index (χ1n) is 7.24. The molecule has 6 nitrogen and oxygen atoms in total. The third kappa shape index (κ3) is 3.61. The SMILES string of the molecule is O=C(NCC1CCS(=O)(=O)CC1)c1cc(F)cc2[nH]c(=S)[nH]c12. The molecule has 1 fully saturated rings. The lowest BCUT2D eigenvalue weighted by atomic mass is 10.0. The lowest BCUT2D eigenvalue weighted by Gasteiger charge is -2.22. The van der Waals surface area contributed by atoms with Crippen LogP contribution in [0.3, 0.4) is 0 Å². The van der Waals surface area contributed by atoms with E-state index in [1.165, 1.54) is 6.07 Å². The zero-order chi connectivity index (χ0) is 16.6. The molecule has 3 rings (SSSR count). The summed E-state index contributed by atoms with van der Waals surface area (Å²) in [6.07, 6.45) is 1.07. The maximum Gasteiger partial charge on any atom is 0.253 e. The molecular weight excluding hydrogens is 341 g/mol. The number of hydrogen-bond acceptors (Lipinski definition) is 4. The first-order valence-corrected chi connectivity index (χ1v) is 9.47. The van der Waals surface area contributed by atoms with E-state index < -0.39 is 21.6 Å². The number of H-pyrrole nitrogens is 2. The van der Waals surface area contributed by atoms with Gasteiger partial charge >= 0.3 is 0 Å². The Labute approximate surface area is 137 Å². The number of carbonyl (C=O) groups excluding carboxylic acids is 1. The van der Waals surface area contributed by atoms with Gasteiger partial charge in [0.15, 0.2) is 4.77 Å².